The van der Waals surface area contributed by atoms with Gasteiger partial charge in [-0.1, -0.05) is 23.8 Å². The molecule has 0 aliphatic rings. The van der Waals surface area contributed by atoms with Gasteiger partial charge < -0.3 is 9.51 Å². The molecule has 0 aliphatic carbocycles. The van der Waals surface area contributed by atoms with Gasteiger partial charge in [0.05, 0.1) is 11.4 Å². The molecule has 0 spiro atoms. The van der Waals surface area contributed by atoms with E-state index in [1.807, 2.05) is 12.1 Å². The Balaban J connectivity index is 0.000000398. The molecule has 4 nitrogen and oxygen atoms in total. The molecule has 0 radical (unpaired) electrons. The zero-order chi connectivity index (χ0) is 22.9. The van der Waals surface area contributed by atoms with Crippen molar-refractivity contribution >= 4 is 22.2 Å². The number of aryl methyl sites for hydroxylation is 5. The van der Waals surface area contributed by atoms with Crippen LogP contribution in [0.1, 0.15) is 41.9 Å². The average molecular weight is 609 g/mol. The van der Waals surface area contributed by atoms with Gasteiger partial charge in [0.1, 0.15) is 0 Å². The maximum Gasteiger partial charge on any atom is 0.155 e. The normalized spacial score (nSPS) is 11.2. The van der Waals surface area contributed by atoms with Crippen molar-refractivity contribution < 1.29 is 31.0 Å². The third kappa shape index (κ3) is 5.19. The Bertz CT molecular complexity index is 1310. The molecule has 32 heavy (non-hydrogen) atoms. The summed E-state index contributed by atoms with van der Waals surface area (Å²) in [6.45, 7) is 13.6. The van der Waals surface area contributed by atoms with E-state index in [9.17, 15) is 4.79 Å². The van der Waals surface area contributed by atoms with Crippen LogP contribution in [-0.2, 0) is 25.9 Å². The predicted molar refractivity (Wildman–Crippen MR) is 128 cm³/mol. The molecule has 5 heteroatoms. The number of imidazole rings is 1. The van der Waals surface area contributed by atoms with Crippen molar-refractivity contribution in [2.45, 2.75) is 48.5 Å². The van der Waals surface area contributed by atoms with E-state index >= 15 is 0 Å². The Morgan fingerprint density at radius 2 is 1.69 bits per heavy atom. The molecular weight excluding hydrogens is 579 g/mol. The number of hydrogen-bond donors (Lipinski definition) is 1. The van der Waals surface area contributed by atoms with E-state index in [-0.39, 0.29) is 32.6 Å². The first-order chi connectivity index (χ1) is 14.6. The van der Waals surface area contributed by atoms with Gasteiger partial charge in [0, 0.05) is 49.8 Å². The van der Waals surface area contributed by atoms with E-state index in [1.54, 1.807) is 0 Å². The topological polar surface area (TPSA) is 54.6 Å². The summed E-state index contributed by atoms with van der Waals surface area (Å²) in [7, 11) is 0. The molecule has 4 aromatic rings. The van der Waals surface area contributed by atoms with Crippen molar-refractivity contribution in [1.29, 1.82) is 0 Å². The number of nitrogens with zero attached hydrogens (tertiary/aromatic N) is 2. The van der Waals surface area contributed by atoms with E-state index in [0.717, 1.165) is 16.7 Å². The van der Waals surface area contributed by atoms with Crippen LogP contribution < -0.4 is 0 Å². The molecule has 0 unspecified atom stereocenters. The minimum atomic E-state index is -0.125. The summed E-state index contributed by atoms with van der Waals surface area (Å²) in [5, 5.41) is 10.6. The number of benzene rings is 2. The summed E-state index contributed by atoms with van der Waals surface area (Å²) in [6, 6.07) is 16.3. The summed E-state index contributed by atoms with van der Waals surface area (Å²) < 4.78 is 2.29. The largest absolute Gasteiger partial charge is 0.512 e. The van der Waals surface area contributed by atoms with Gasteiger partial charge in [-0.15, -0.1) is 35.0 Å². The van der Waals surface area contributed by atoms with Crippen molar-refractivity contribution in [3.8, 4) is 11.3 Å². The fraction of sp³-hybridized carbons (Fsp3) is 0.259. The third-order valence-corrected chi connectivity index (χ3v) is 5.33. The van der Waals surface area contributed by atoms with E-state index < -0.39 is 0 Å². The van der Waals surface area contributed by atoms with Crippen LogP contribution in [-0.4, -0.2) is 20.3 Å². The molecule has 170 valence electrons. The van der Waals surface area contributed by atoms with Gasteiger partial charge in [0.2, 0.25) is 0 Å². The van der Waals surface area contributed by atoms with Crippen molar-refractivity contribution in [3.63, 3.8) is 0 Å². The van der Waals surface area contributed by atoms with E-state index in [4.69, 9.17) is 10.1 Å². The number of aromatic nitrogens is 2. The zero-order valence-electron chi connectivity index (χ0n) is 19.6. The van der Waals surface area contributed by atoms with Gasteiger partial charge in [-0.25, -0.2) is 0 Å². The SMILES string of the molecule is CC(=O)/C=C(/C)O.Cc1cc(C)c(-c2cc3ccc[c-]c3c3nc(C)c(C)n23)c(C)c1.[Pt]. The summed E-state index contributed by atoms with van der Waals surface area (Å²) in [5.41, 5.74) is 9.69. The molecule has 2 aromatic carbocycles. The summed E-state index contributed by atoms with van der Waals surface area (Å²) in [5.74, 6) is -0.0625. The van der Waals surface area contributed by atoms with Crippen LogP contribution in [0.4, 0.5) is 0 Å². The number of carbonyl (C=O) groups is 1. The summed E-state index contributed by atoms with van der Waals surface area (Å²) in [6.07, 6.45) is 1.17. The number of ketones is 1. The van der Waals surface area contributed by atoms with E-state index in [2.05, 4.69) is 69.4 Å². The Kier molecular flexibility index (Phi) is 8.20. The predicted octanol–water partition coefficient (Wildman–Crippen LogP) is 6.53. The molecule has 0 bridgehead atoms. The van der Waals surface area contributed by atoms with Crippen molar-refractivity contribution in [2.24, 2.45) is 0 Å². The van der Waals surface area contributed by atoms with Gasteiger partial charge in [-0.3, -0.25) is 9.78 Å². The van der Waals surface area contributed by atoms with Crippen LogP contribution in [0.5, 0.6) is 0 Å². The molecule has 1 N–H and O–H groups in total. The second kappa shape index (κ2) is 10.3. The number of hydrogen-bond acceptors (Lipinski definition) is 3. The van der Waals surface area contributed by atoms with Crippen LogP contribution in [0, 0.1) is 40.7 Å². The van der Waals surface area contributed by atoms with Gasteiger partial charge in [-0.2, -0.15) is 0 Å². The fourth-order valence-corrected chi connectivity index (χ4v) is 4.11. The molecule has 0 amide bonds. The fourth-order valence-electron chi connectivity index (χ4n) is 4.11. The number of fused-ring (bicyclic) bond motifs is 3. The summed E-state index contributed by atoms with van der Waals surface area (Å²) in [4.78, 5) is 14.9. The van der Waals surface area contributed by atoms with Gasteiger partial charge >= 0.3 is 0 Å². The van der Waals surface area contributed by atoms with Crippen molar-refractivity contribution in [2.75, 3.05) is 0 Å². The molecule has 0 saturated carbocycles. The minimum Gasteiger partial charge on any atom is -0.512 e. The summed E-state index contributed by atoms with van der Waals surface area (Å²) >= 11 is 0. The Morgan fingerprint density at radius 1 is 1.06 bits per heavy atom. The number of allylic oxidation sites excluding steroid dienone is 2. The molecule has 0 atom stereocenters. The van der Waals surface area contributed by atoms with Gasteiger partial charge in [0.15, 0.2) is 5.78 Å². The Hall–Kier alpha value is -2.71. The van der Waals surface area contributed by atoms with E-state index in [1.165, 1.54) is 59.0 Å². The molecule has 2 heterocycles. The zero-order valence-corrected chi connectivity index (χ0v) is 21.9. The first kappa shape index (κ1) is 25.5. The quantitative estimate of drug-likeness (QED) is 0.160. The molecule has 2 aromatic heterocycles. The number of aliphatic hydroxyl groups excluding tert-OH is 1. The molecule has 0 aliphatic heterocycles. The monoisotopic (exact) mass is 608 g/mol. The molecular formula is C27H29N2O2Pt-. The molecule has 0 saturated heterocycles. The van der Waals surface area contributed by atoms with Crippen LogP contribution in [0.2, 0.25) is 0 Å². The number of aliphatic hydroxyl groups is 1. The van der Waals surface area contributed by atoms with Gasteiger partial charge in [-0.05, 0) is 59.6 Å². The minimum absolute atomic E-state index is 0. The molecule has 4 rings (SSSR count). The Labute approximate surface area is 204 Å². The Morgan fingerprint density at radius 3 is 2.22 bits per heavy atom. The maximum atomic E-state index is 10.0. The maximum absolute atomic E-state index is 10.0. The van der Waals surface area contributed by atoms with E-state index in [0.29, 0.717) is 0 Å². The van der Waals surface area contributed by atoms with Crippen LogP contribution in [0.25, 0.3) is 27.7 Å². The average Bonchev–Trinajstić information content (AvgIpc) is 2.95. The van der Waals surface area contributed by atoms with Crippen LogP contribution >= 0.6 is 0 Å². The first-order valence-electron chi connectivity index (χ1n) is 10.3. The smallest absolute Gasteiger partial charge is 0.155 e. The van der Waals surface area contributed by atoms with Gasteiger partial charge in [0.25, 0.3) is 0 Å². The number of carbonyl (C=O) groups excluding carboxylic acids is 1. The second-order valence-electron chi connectivity index (χ2n) is 8.14. The number of rotatable bonds is 2. The second-order valence-corrected chi connectivity index (χ2v) is 8.14. The first-order valence-corrected chi connectivity index (χ1v) is 10.3. The standard InChI is InChI=1S/C22H21N2.C5H8O2.Pt/c1-13-10-14(2)21(15(3)11-13)20-12-18-8-6-7-9-19(18)22-23-16(4)17(5)24(20)22;1-4(6)3-5(2)7;/h6-8,10-12H,1-5H3;3,6H,1-2H3;/q-1;;/b;4-3-;. The molecule has 0 fully saturated rings. The number of pyridine rings is 1. The van der Waals surface area contributed by atoms with Crippen LogP contribution in [0.3, 0.4) is 0 Å². The van der Waals surface area contributed by atoms with Crippen molar-refractivity contribution in [1.82, 2.24) is 9.38 Å². The van der Waals surface area contributed by atoms with Crippen molar-refractivity contribution in [3.05, 3.63) is 82.4 Å². The third-order valence-electron chi connectivity index (χ3n) is 5.33. The van der Waals surface area contributed by atoms with Crippen LogP contribution in [0.15, 0.2) is 48.2 Å².